The molecule has 1 heterocycles. The van der Waals surface area contributed by atoms with Crippen molar-refractivity contribution in [3.05, 3.63) is 34.7 Å². The average molecular weight is 296 g/mol. The zero-order chi connectivity index (χ0) is 12.8. The summed E-state index contributed by atoms with van der Waals surface area (Å²) in [5.74, 6) is 0.250. The second-order valence-electron chi connectivity index (χ2n) is 4.46. The number of alkyl halides is 3. The fourth-order valence-electron chi connectivity index (χ4n) is 1.96. The molecule has 1 unspecified atom stereocenters. The van der Waals surface area contributed by atoms with E-state index in [1.165, 1.54) is 0 Å². The molecule has 0 fully saturated rings. The summed E-state index contributed by atoms with van der Waals surface area (Å²) < 4.78 is 39.4. The Morgan fingerprint density at radius 3 is 2.22 bits per heavy atom. The Morgan fingerprint density at radius 2 is 1.72 bits per heavy atom. The van der Waals surface area contributed by atoms with Gasteiger partial charge >= 0.3 is 5.51 Å². The van der Waals surface area contributed by atoms with Crippen molar-refractivity contribution in [2.75, 3.05) is 0 Å². The first kappa shape index (κ1) is 15.3. The molecule has 0 saturated carbocycles. The van der Waals surface area contributed by atoms with Gasteiger partial charge in [-0.3, -0.25) is 0 Å². The second kappa shape index (κ2) is 5.10. The maximum absolute atomic E-state index is 13.0. The minimum Gasteiger partial charge on any atom is -0.147 e. The molecule has 2 aromatic rings. The van der Waals surface area contributed by atoms with Gasteiger partial charge in [-0.1, -0.05) is 19.9 Å². The molecule has 0 amide bonds. The summed E-state index contributed by atoms with van der Waals surface area (Å²) in [7, 11) is -1.73. The molecular weight excluding hydrogens is 281 g/mol. The highest BCUT2D eigenvalue weighted by Gasteiger charge is 2.46. The molecule has 18 heavy (non-hydrogen) atoms. The van der Waals surface area contributed by atoms with E-state index in [4.69, 9.17) is 0 Å². The largest absolute Gasteiger partial charge is 0.600 e. The molecule has 100 valence electrons. The third kappa shape index (κ3) is 2.64. The van der Waals surface area contributed by atoms with Gasteiger partial charge in [0.05, 0.1) is 10.5 Å². The Balaban J connectivity index is 0.00000162. The number of halogens is 4. The predicted molar refractivity (Wildman–Crippen MR) is 73.8 cm³/mol. The SMILES string of the molecule is Cc1cc2ccc(C(C)C)cc2[s+]1C(F)(F)F.Cl. The van der Waals surface area contributed by atoms with Gasteiger partial charge in [0.25, 0.3) is 0 Å². The minimum absolute atomic E-state index is 0. The van der Waals surface area contributed by atoms with Gasteiger partial charge < -0.3 is 0 Å². The van der Waals surface area contributed by atoms with Crippen LogP contribution in [0.1, 0.15) is 30.2 Å². The lowest BCUT2D eigenvalue weighted by molar-refractivity contribution is -0.0867. The summed E-state index contributed by atoms with van der Waals surface area (Å²) in [5.41, 5.74) is -3.20. The van der Waals surface area contributed by atoms with E-state index in [0.717, 1.165) is 5.56 Å². The Hall–Kier alpha value is -0.740. The smallest absolute Gasteiger partial charge is 0.147 e. The molecule has 0 N–H and O–H groups in total. The van der Waals surface area contributed by atoms with E-state index >= 15 is 0 Å². The van der Waals surface area contributed by atoms with E-state index in [-0.39, 0.29) is 18.3 Å². The minimum atomic E-state index is -4.17. The fourth-order valence-corrected chi connectivity index (χ4v) is 3.79. The molecule has 0 radical (unpaired) electrons. The molecule has 1 aromatic carbocycles. The van der Waals surface area contributed by atoms with E-state index < -0.39 is 16.0 Å². The van der Waals surface area contributed by atoms with E-state index in [1.807, 2.05) is 19.9 Å². The van der Waals surface area contributed by atoms with Crippen molar-refractivity contribution >= 4 is 33.0 Å². The van der Waals surface area contributed by atoms with Gasteiger partial charge in [0.1, 0.15) is 0 Å². The number of hydrogen-bond donors (Lipinski definition) is 0. The van der Waals surface area contributed by atoms with Crippen LogP contribution in [0, 0.1) is 6.92 Å². The van der Waals surface area contributed by atoms with E-state index in [0.29, 0.717) is 15.0 Å². The highest BCUT2D eigenvalue weighted by molar-refractivity contribution is 7.38. The van der Waals surface area contributed by atoms with Gasteiger partial charge in [-0.2, -0.15) is 0 Å². The fraction of sp³-hybridized carbons (Fsp3) is 0.385. The molecule has 0 spiro atoms. The van der Waals surface area contributed by atoms with Gasteiger partial charge in [0.15, 0.2) is 9.58 Å². The Kier molecular flexibility index (Phi) is 4.34. The zero-order valence-electron chi connectivity index (χ0n) is 10.3. The first-order chi connectivity index (χ1) is 7.80. The monoisotopic (exact) mass is 295 g/mol. The van der Waals surface area contributed by atoms with Crippen LogP contribution in [0.4, 0.5) is 13.2 Å². The normalized spacial score (nSPS) is 12.9. The molecule has 1 aromatic heterocycles. The molecule has 0 bridgehead atoms. The standard InChI is InChI=1S/C13H14F3S.ClH/c1-8(2)10-4-5-11-6-9(3)17(12(11)7-10)13(14,15)16;/h4-8H,1-3H3;1H/q+1;. The van der Waals surface area contributed by atoms with Crippen molar-refractivity contribution in [3.63, 3.8) is 0 Å². The topological polar surface area (TPSA) is 0 Å². The predicted octanol–water partition coefficient (Wildman–Crippen LogP) is 5.92. The molecule has 0 aliphatic rings. The molecule has 2 rings (SSSR count). The number of rotatable bonds is 1. The first-order valence-corrected chi connectivity index (χ1v) is 6.66. The molecule has 0 aliphatic heterocycles. The number of thiophene rings is 1. The van der Waals surface area contributed by atoms with E-state index in [9.17, 15) is 13.2 Å². The lowest BCUT2D eigenvalue weighted by Gasteiger charge is -2.04. The summed E-state index contributed by atoms with van der Waals surface area (Å²) in [6.07, 6.45) is 0. The third-order valence-corrected chi connectivity index (χ3v) is 4.85. The van der Waals surface area contributed by atoms with E-state index in [1.54, 1.807) is 25.1 Å². The lowest BCUT2D eigenvalue weighted by atomic mass is 10.0. The summed E-state index contributed by atoms with van der Waals surface area (Å²) in [6.45, 7) is 5.54. The third-order valence-electron chi connectivity index (χ3n) is 2.84. The van der Waals surface area contributed by atoms with Gasteiger partial charge in [-0.15, -0.1) is 25.6 Å². The highest BCUT2D eigenvalue weighted by Crippen LogP contribution is 2.50. The van der Waals surface area contributed by atoms with Crippen LogP contribution < -0.4 is 0 Å². The molecule has 1 atom stereocenters. The van der Waals surface area contributed by atoms with Crippen LogP contribution in [-0.4, -0.2) is 0 Å². The summed E-state index contributed by atoms with van der Waals surface area (Å²) in [4.78, 5) is 0.411. The lowest BCUT2D eigenvalue weighted by Crippen LogP contribution is -1.96. The number of fused-ring (bicyclic) bond motifs is 1. The Bertz CT molecular complexity index is 555. The van der Waals surface area contributed by atoms with Crippen molar-refractivity contribution in [2.45, 2.75) is 32.2 Å². The number of aryl methyl sites for hydroxylation is 1. The van der Waals surface area contributed by atoms with Gasteiger partial charge in [0.2, 0.25) is 0 Å². The average Bonchev–Trinajstić information content (AvgIpc) is 2.51. The first-order valence-electron chi connectivity index (χ1n) is 5.44. The number of benzene rings is 1. The van der Waals surface area contributed by atoms with Crippen molar-refractivity contribution in [1.82, 2.24) is 0 Å². The highest BCUT2D eigenvalue weighted by atomic mass is 35.5. The quantitative estimate of drug-likeness (QED) is 0.573. The van der Waals surface area contributed by atoms with E-state index in [2.05, 4.69) is 0 Å². The molecule has 0 saturated heterocycles. The van der Waals surface area contributed by atoms with Gasteiger partial charge in [-0.25, -0.2) is 0 Å². The summed E-state index contributed by atoms with van der Waals surface area (Å²) in [6, 6.07) is 7.07. The molecule has 5 heteroatoms. The van der Waals surface area contributed by atoms with Crippen molar-refractivity contribution in [1.29, 1.82) is 0 Å². The van der Waals surface area contributed by atoms with Crippen molar-refractivity contribution < 1.29 is 13.2 Å². The van der Waals surface area contributed by atoms with Crippen LogP contribution in [0.2, 0.25) is 0 Å². The van der Waals surface area contributed by atoms with Gasteiger partial charge in [0, 0.05) is 24.4 Å². The van der Waals surface area contributed by atoms with Crippen LogP contribution in [-0.2, 0) is 5.51 Å². The van der Waals surface area contributed by atoms with Gasteiger partial charge in [-0.05, 0) is 17.5 Å². The van der Waals surface area contributed by atoms with Crippen molar-refractivity contribution in [2.24, 2.45) is 0 Å². The molecular formula is C13H15ClF3S+. The molecule has 0 aliphatic carbocycles. The molecule has 0 nitrogen and oxygen atoms in total. The van der Waals surface area contributed by atoms with Crippen LogP contribution >= 0.6 is 22.9 Å². The zero-order valence-corrected chi connectivity index (χ0v) is 12.0. The van der Waals surface area contributed by atoms with Crippen LogP contribution in [0.25, 0.3) is 10.1 Å². The van der Waals surface area contributed by atoms with Crippen LogP contribution in [0.15, 0.2) is 24.3 Å². The maximum Gasteiger partial charge on any atom is 0.600 e. The summed E-state index contributed by atoms with van der Waals surface area (Å²) >= 11 is 0. The Labute approximate surface area is 113 Å². The summed E-state index contributed by atoms with van der Waals surface area (Å²) in [5, 5.41) is 0.715. The maximum atomic E-state index is 13.0. The second-order valence-corrected chi connectivity index (χ2v) is 6.62. The van der Waals surface area contributed by atoms with Crippen LogP contribution in [0.3, 0.4) is 0 Å². The van der Waals surface area contributed by atoms with Crippen LogP contribution in [0.5, 0.6) is 0 Å². The van der Waals surface area contributed by atoms with Crippen molar-refractivity contribution in [3.8, 4) is 0 Å². The Morgan fingerprint density at radius 1 is 1.11 bits per heavy atom. The number of hydrogen-bond acceptors (Lipinski definition) is 0.